The summed E-state index contributed by atoms with van der Waals surface area (Å²) in [6, 6.07) is 3.67. The van der Waals surface area contributed by atoms with E-state index in [0.29, 0.717) is 17.9 Å². The summed E-state index contributed by atoms with van der Waals surface area (Å²) in [5, 5.41) is 5.00. The average Bonchev–Trinajstić information content (AvgIpc) is 2.35. The molecular weight excluding hydrogens is 268 g/mol. The quantitative estimate of drug-likeness (QED) is 0.836. The number of aryl methyl sites for hydroxylation is 1. The van der Waals surface area contributed by atoms with Crippen LogP contribution >= 0.6 is 0 Å². The molecule has 0 radical (unpaired) electrons. The van der Waals surface area contributed by atoms with Crippen molar-refractivity contribution in [2.24, 2.45) is 5.14 Å². The third-order valence-corrected chi connectivity index (χ3v) is 3.93. The highest BCUT2D eigenvalue weighted by molar-refractivity contribution is 7.87. The van der Waals surface area contributed by atoms with E-state index in [1.165, 1.54) is 0 Å². The molecule has 0 aliphatic heterocycles. The van der Waals surface area contributed by atoms with Gasteiger partial charge in [0.15, 0.2) is 11.5 Å². The Morgan fingerprint density at radius 2 is 1.79 bits per heavy atom. The maximum absolute atomic E-state index is 11.1. The fraction of sp³-hybridized carbons (Fsp3) is 0.500. The fourth-order valence-electron chi connectivity index (χ4n) is 2.42. The Labute approximate surface area is 113 Å². The van der Waals surface area contributed by atoms with Crippen molar-refractivity contribution in [3.05, 3.63) is 23.3 Å². The summed E-state index contributed by atoms with van der Waals surface area (Å²) in [6.07, 6.45) is 2.11. The molecule has 1 aromatic carbocycles. The molecule has 0 aromatic heterocycles. The van der Waals surface area contributed by atoms with Crippen LogP contribution < -0.4 is 19.3 Å². The monoisotopic (exact) mass is 286 g/mol. The third kappa shape index (κ3) is 3.37. The number of methoxy groups -OCH3 is 2. The van der Waals surface area contributed by atoms with Crippen LogP contribution in [0, 0.1) is 0 Å². The Balaban J connectivity index is 2.25. The molecule has 106 valence electrons. The first-order valence-corrected chi connectivity index (χ1v) is 7.51. The Bertz CT molecular complexity index is 571. The first-order chi connectivity index (χ1) is 8.93. The van der Waals surface area contributed by atoms with Gasteiger partial charge in [-0.25, -0.2) is 5.14 Å². The molecule has 1 aliphatic carbocycles. The topological polar surface area (TPSA) is 90.7 Å². The van der Waals surface area contributed by atoms with E-state index in [-0.39, 0.29) is 6.04 Å². The Hall–Kier alpha value is -1.31. The SMILES string of the molecule is COc1cc2c(cc1OC)CC(NS(N)(=O)=O)CC2. The molecule has 0 bridgehead atoms. The molecule has 0 fully saturated rings. The molecule has 1 aromatic rings. The molecule has 2 rings (SSSR count). The summed E-state index contributed by atoms with van der Waals surface area (Å²) in [4.78, 5) is 0. The molecule has 0 saturated carbocycles. The van der Waals surface area contributed by atoms with Crippen molar-refractivity contribution in [1.29, 1.82) is 0 Å². The number of rotatable bonds is 4. The van der Waals surface area contributed by atoms with Gasteiger partial charge in [-0.05, 0) is 42.5 Å². The summed E-state index contributed by atoms with van der Waals surface area (Å²) in [7, 11) is -0.489. The lowest BCUT2D eigenvalue weighted by molar-refractivity contribution is 0.353. The molecule has 6 nitrogen and oxygen atoms in total. The maximum Gasteiger partial charge on any atom is 0.274 e. The smallest absolute Gasteiger partial charge is 0.274 e. The molecule has 0 spiro atoms. The van der Waals surface area contributed by atoms with E-state index in [1.54, 1.807) is 14.2 Å². The molecule has 1 aliphatic rings. The minimum absolute atomic E-state index is 0.166. The van der Waals surface area contributed by atoms with Gasteiger partial charge in [0.1, 0.15) is 0 Å². The number of ether oxygens (including phenoxy) is 2. The summed E-state index contributed by atoms with van der Waals surface area (Å²) >= 11 is 0. The second kappa shape index (κ2) is 5.36. The van der Waals surface area contributed by atoms with Crippen LogP contribution in [0.3, 0.4) is 0 Å². The number of hydrogen-bond donors (Lipinski definition) is 2. The maximum atomic E-state index is 11.1. The molecule has 3 N–H and O–H groups in total. The number of hydrogen-bond acceptors (Lipinski definition) is 4. The van der Waals surface area contributed by atoms with Crippen LogP contribution in [-0.2, 0) is 23.1 Å². The molecule has 0 saturated heterocycles. The van der Waals surface area contributed by atoms with E-state index in [0.717, 1.165) is 24.0 Å². The molecular formula is C12H18N2O4S. The number of fused-ring (bicyclic) bond motifs is 1. The van der Waals surface area contributed by atoms with Crippen molar-refractivity contribution in [3.63, 3.8) is 0 Å². The van der Waals surface area contributed by atoms with Gasteiger partial charge in [-0.2, -0.15) is 13.1 Å². The van der Waals surface area contributed by atoms with Crippen molar-refractivity contribution < 1.29 is 17.9 Å². The summed E-state index contributed by atoms with van der Waals surface area (Å²) < 4.78 is 35.1. The second-order valence-corrected chi connectivity index (χ2v) is 5.90. The van der Waals surface area contributed by atoms with Crippen molar-refractivity contribution in [2.75, 3.05) is 14.2 Å². The molecule has 0 heterocycles. The highest BCUT2D eigenvalue weighted by atomic mass is 32.2. The average molecular weight is 286 g/mol. The number of nitrogens with one attached hydrogen (secondary N) is 1. The van der Waals surface area contributed by atoms with E-state index in [1.807, 2.05) is 12.1 Å². The van der Waals surface area contributed by atoms with Gasteiger partial charge < -0.3 is 9.47 Å². The summed E-state index contributed by atoms with van der Waals surface area (Å²) in [6.45, 7) is 0. The van der Waals surface area contributed by atoms with Crippen LogP contribution in [0.1, 0.15) is 17.5 Å². The van der Waals surface area contributed by atoms with Crippen molar-refractivity contribution in [2.45, 2.75) is 25.3 Å². The van der Waals surface area contributed by atoms with Crippen LogP contribution in [0.15, 0.2) is 12.1 Å². The highest BCUT2D eigenvalue weighted by Gasteiger charge is 2.23. The predicted molar refractivity (Wildman–Crippen MR) is 71.6 cm³/mol. The van der Waals surface area contributed by atoms with Gasteiger partial charge in [-0.1, -0.05) is 0 Å². The van der Waals surface area contributed by atoms with Crippen LogP contribution in [0.5, 0.6) is 11.5 Å². The van der Waals surface area contributed by atoms with E-state index in [2.05, 4.69) is 4.72 Å². The first-order valence-electron chi connectivity index (χ1n) is 5.96. The highest BCUT2D eigenvalue weighted by Crippen LogP contribution is 2.34. The lowest BCUT2D eigenvalue weighted by atomic mass is 9.88. The molecule has 1 atom stereocenters. The van der Waals surface area contributed by atoms with Crippen LogP contribution in [0.25, 0.3) is 0 Å². The van der Waals surface area contributed by atoms with Gasteiger partial charge in [0.2, 0.25) is 0 Å². The standard InChI is InChI=1S/C12H18N2O4S/c1-17-11-6-8-3-4-10(14-19(13,15)16)5-9(8)7-12(11)18-2/h6-7,10,14H,3-5H2,1-2H3,(H2,13,15,16). The minimum Gasteiger partial charge on any atom is -0.493 e. The lowest BCUT2D eigenvalue weighted by Crippen LogP contribution is -2.42. The third-order valence-electron chi connectivity index (χ3n) is 3.27. The van der Waals surface area contributed by atoms with Gasteiger partial charge in [-0.15, -0.1) is 0 Å². The molecule has 19 heavy (non-hydrogen) atoms. The van der Waals surface area contributed by atoms with E-state index < -0.39 is 10.2 Å². The Morgan fingerprint density at radius 3 is 2.32 bits per heavy atom. The van der Waals surface area contributed by atoms with Gasteiger partial charge in [-0.3, -0.25) is 0 Å². The Morgan fingerprint density at radius 1 is 1.21 bits per heavy atom. The van der Waals surface area contributed by atoms with E-state index in [9.17, 15) is 8.42 Å². The first kappa shape index (κ1) is 14.1. The van der Waals surface area contributed by atoms with Crippen LogP contribution in [0.4, 0.5) is 0 Å². The van der Waals surface area contributed by atoms with Crippen molar-refractivity contribution in [3.8, 4) is 11.5 Å². The van der Waals surface area contributed by atoms with Gasteiger partial charge >= 0.3 is 0 Å². The number of benzene rings is 1. The molecule has 1 unspecified atom stereocenters. The largest absolute Gasteiger partial charge is 0.493 e. The van der Waals surface area contributed by atoms with Crippen LogP contribution in [0.2, 0.25) is 0 Å². The zero-order valence-electron chi connectivity index (χ0n) is 11.0. The van der Waals surface area contributed by atoms with E-state index >= 15 is 0 Å². The summed E-state index contributed by atoms with van der Waals surface area (Å²) in [5.41, 5.74) is 2.22. The van der Waals surface area contributed by atoms with Gasteiger partial charge in [0, 0.05) is 6.04 Å². The minimum atomic E-state index is -3.66. The molecule has 7 heteroatoms. The predicted octanol–water partition coefficient (Wildman–Crippen LogP) is 0.354. The second-order valence-electron chi connectivity index (χ2n) is 4.58. The fourth-order valence-corrected chi connectivity index (χ4v) is 3.08. The van der Waals surface area contributed by atoms with Crippen molar-refractivity contribution >= 4 is 10.2 Å². The van der Waals surface area contributed by atoms with Gasteiger partial charge in [0.25, 0.3) is 10.2 Å². The Kier molecular flexibility index (Phi) is 3.98. The summed E-state index contributed by atoms with van der Waals surface area (Å²) in [5.74, 6) is 1.34. The van der Waals surface area contributed by atoms with Crippen LogP contribution in [-0.4, -0.2) is 28.7 Å². The zero-order valence-corrected chi connectivity index (χ0v) is 11.8. The lowest BCUT2D eigenvalue weighted by Gasteiger charge is -2.25. The number of nitrogens with two attached hydrogens (primary N) is 1. The van der Waals surface area contributed by atoms with Crippen molar-refractivity contribution in [1.82, 2.24) is 4.72 Å². The van der Waals surface area contributed by atoms with E-state index in [4.69, 9.17) is 14.6 Å². The molecule has 0 amide bonds. The normalized spacial score (nSPS) is 18.8. The van der Waals surface area contributed by atoms with Gasteiger partial charge in [0.05, 0.1) is 14.2 Å². The zero-order chi connectivity index (χ0) is 14.0.